The van der Waals surface area contributed by atoms with Crippen molar-refractivity contribution in [1.82, 2.24) is 9.80 Å². The molecule has 1 atom stereocenters. The van der Waals surface area contributed by atoms with Crippen LogP contribution in [0.3, 0.4) is 0 Å². The number of hydrogen-bond acceptors (Lipinski definition) is 2. The number of carbonyl (C=O) groups is 2. The third kappa shape index (κ3) is 3.67. The SMILES string of the molecule is CCN(CC)C(=O)CC1=C2CCCCC2N(Cc2ccc(F)cc2)C1=O. The second-order valence-corrected chi connectivity index (χ2v) is 7.07. The summed E-state index contributed by atoms with van der Waals surface area (Å²) >= 11 is 0. The number of halogens is 1. The average molecular weight is 358 g/mol. The van der Waals surface area contributed by atoms with Gasteiger partial charge in [-0.1, -0.05) is 18.6 Å². The lowest BCUT2D eigenvalue weighted by molar-refractivity contribution is -0.133. The van der Waals surface area contributed by atoms with E-state index in [1.54, 1.807) is 17.0 Å². The van der Waals surface area contributed by atoms with Crippen LogP contribution in [0.25, 0.3) is 0 Å². The van der Waals surface area contributed by atoms with Crippen LogP contribution in [0.4, 0.5) is 4.39 Å². The zero-order valence-electron chi connectivity index (χ0n) is 15.6. The van der Waals surface area contributed by atoms with Gasteiger partial charge in [0.25, 0.3) is 5.91 Å². The van der Waals surface area contributed by atoms with Crippen LogP contribution in [0.2, 0.25) is 0 Å². The molecule has 1 saturated carbocycles. The normalized spacial score (nSPS) is 19.7. The van der Waals surface area contributed by atoms with Gasteiger partial charge in [-0.15, -0.1) is 0 Å². The molecule has 1 fully saturated rings. The standard InChI is InChI=1S/C21H27FN2O2/c1-3-23(4-2)20(25)13-18-17-7-5-6-8-19(17)24(21(18)26)14-15-9-11-16(22)12-10-15/h9-12,19H,3-8,13-14H2,1-2H3. The Bertz CT molecular complexity index is 707. The van der Waals surface area contributed by atoms with Crippen LogP contribution in [0.5, 0.6) is 0 Å². The molecule has 0 aromatic heterocycles. The fourth-order valence-electron chi connectivity index (χ4n) is 4.14. The van der Waals surface area contributed by atoms with Gasteiger partial charge in [0.15, 0.2) is 0 Å². The molecular weight excluding hydrogens is 331 g/mol. The number of nitrogens with zero attached hydrogens (tertiary/aromatic N) is 2. The molecule has 1 aliphatic heterocycles. The van der Waals surface area contributed by atoms with Crippen molar-refractivity contribution in [1.29, 1.82) is 0 Å². The molecule has 1 aliphatic carbocycles. The number of carbonyl (C=O) groups excluding carboxylic acids is 2. The summed E-state index contributed by atoms with van der Waals surface area (Å²) in [6.45, 7) is 5.71. The van der Waals surface area contributed by atoms with E-state index in [0.29, 0.717) is 25.2 Å². The maximum atomic E-state index is 13.2. The highest BCUT2D eigenvalue weighted by atomic mass is 19.1. The van der Waals surface area contributed by atoms with E-state index in [9.17, 15) is 14.0 Å². The zero-order valence-corrected chi connectivity index (χ0v) is 15.6. The molecule has 1 heterocycles. The lowest BCUT2D eigenvalue weighted by Crippen LogP contribution is -2.36. The maximum Gasteiger partial charge on any atom is 0.251 e. The van der Waals surface area contributed by atoms with E-state index >= 15 is 0 Å². The Morgan fingerprint density at radius 2 is 1.88 bits per heavy atom. The molecule has 140 valence electrons. The van der Waals surface area contributed by atoms with E-state index < -0.39 is 0 Å². The van der Waals surface area contributed by atoms with Crippen molar-refractivity contribution in [3.63, 3.8) is 0 Å². The number of fused-ring (bicyclic) bond motifs is 1. The minimum Gasteiger partial charge on any atom is -0.343 e. The number of hydrogen-bond donors (Lipinski definition) is 0. The van der Waals surface area contributed by atoms with Gasteiger partial charge in [-0.25, -0.2) is 4.39 Å². The van der Waals surface area contributed by atoms with Crippen molar-refractivity contribution in [3.05, 3.63) is 46.8 Å². The first-order valence-corrected chi connectivity index (χ1v) is 9.60. The lowest BCUT2D eigenvalue weighted by atomic mass is 9.88. The first kappa shape index (κ1) is 18.6. The van der Waals surface area contributed by atoms with Gasteiger partial charge in [-0.2, -0.15) is 0 Å². The van der Waals surface area contributed by atoms with Crippen LogP contribution >= 0.6 is 0 Å². The molecule has 0 radical (unpaired) electrons. The quantitative estimate of drug-likeness (QED) is 0.779. The minimum absolute atomic E-state index is 0.0169. The van der Waals surface area contributed by atoms with Gasteiger partial charge in [0, 0.05) is 25.2 Å². The van der Waals surface area contributed by atoms with Gasteiger partial charge >= 0.3 is 0 Å². The Labute approximate surface area is 154 Å². The molecule has 26 heavy (non-hydrogen) atoms. The zero-order chi connectivity index (χ0) is 18.7. The molecule has 0 bridgehead atoms. The highest BCUT2D eigenvalue weighted by Crippen LogP contribution is 2.38. The van der Waals surface area contributed by atoms with E-state index in [1.165, 1.54) is 12.1 Å². The van der Waals surface area contributed by atoms with Crippen LogP contribution in [0.1, 0.15) is 51.5 Å². The Balaban J connectivity index is 1.81. The predicted octanol–water partition coefficient (Wildman–Crippen LogP) is 3.67. The summed E-state index contributed by atoms with van der Waals surface area (Å²) in [5.41, 5.74) is 2.78. The van der Waals surface area contributed by atoms with Crippen LogP contribution in [0.15, 0.2) is 35.4 Å². The highest BCUT2D eigenvalue weighted by Gasteiger charge is 2.40. The van der Waals surface area contributed by atoms with E-state index in [4.69, 9.17) is 0 Å². The van der Waals surface area contributed by atoms with Crippen molar-refractivity contribution in [3.8, 4) is 0 Å². The van der Waals surface area contributed by atoms with Gasteiger partial charge in [0.05, 0.1) is 12.5 Å². The summed E-state index contributed by atoms with van der Waals surface area (Å²) in [7, 11) is 0. The maximum absolute atomic E-state index is 13.2. The third-order valence-corrected chi connectivity index (χ3v) is 5.57. The van der Waals surface area contributed by atoms with E-state index in [1.807, 2.05) is 18.7 Å². The predicted molar refractivity (Wildman–Crippen MR) is 98.8 cm³/mol. The second-order valence-electron chi connectivity index (χ2n) is 7.07. The van der Waals surface area contributed by atoms with Gasteiger partial charge in [0.2, 0.25) is 5.91 Å². The summed E-state index contributed by atoms with van der Waals surface area (Å²) in [6.07, 6.45) is 4.22. The molecule has 1 aromatic rings. The van der Waals surface area contributed by atoms with Crippen LogP contribution < -0.4 is 0 Å². The molecule has 0 N–H and O–H groups in total. The largest absolute Gasteiger partial charge is 0.343 e. The van der Waals surface area contributed by atoms with Gasteiger partial charge in [0.1, 0.15) is 5.82 Å². The molecule has 0 saturated heterocycles. The van der Waals surface area contributed by atoms with Crippen molar-refractivity contribution < 1.29 is 14.0 Å². The van der Waals surface area contributed by atoms with Crippen molar-refractivity contribution in [2.75, 3.05) is 13.1 Å². The molecule has 2 aliphatic rings. The molecule has 0 spiro atoms. The molecule has 1 aromatic carbocycles. The van der Waals surface area contributed by atoms with Crippen LogP contribution in [0, 0.1) is 5.82 Å². The number of amides is 2. The Kier molecular flexibility index (Phi) is 5.74. The van der Waals surface area contributed by atoms with Crippen LogP contribution in [-0.2, 0) is 16.1 Å². The molecular formula is C21H27FN2O2. The fourth-order valence-corrected chi connectivity index (χ4v) is 4.14. The van der Waals surface area contributed by atoms with Crippen LogP contribution in [-0.4, -0.2) is 40.7 Å². The highest BCUT2D eigenvalue weighted by molar-refractivity contribution is 6.02. The molecule has 3 rings (SSSR count). The van der Waals surface area contributed by atoms with Gasteiger partial charge in [-0.05, 0) is 56.4 Å². The summed E-state index contributed by atoms with van der Waals surface area (Å²) in [6, 6.07) is 6.40. The molecule has 1 unspecified atom stereocenters. The van der Waals surface area contributed by atoms with E-state index in [-0.39, 0.29) is 30.1 Å². The van der Waals surface area contributed by atoms with E-state index in [0.717, 1.165) is 36.8 Å². The van der Waals surface area contributed by atoms with Gasteiger partial charge < -0.3 is 9.80 Å². The van der Waals surface area contributed by atoms with Crippen molar-refractivity contribution in [2.45, 2.75) is 58.5 Å². The second kappa shape index (κ2) is 8.02. The summed E-state index contributed by atoms with van der Waals surface area (Å²) < 4.78 is 13.2. The minimum atomic E-state index is -0.275. The fraction of sp³-hybridized carbons (Fsp3) is 0.524. The van der Waals surface area contributed by atoms with E-state index in [2.05, 4.69) is 0 Å². The lowest BCUT2D eigenvalue weighted by Gasteiger charge is -2.30. The number of benzene rings is 1. The number of rotatable bonds is 6. The molecule has 5 heteroatoms. The van der Waals surface area contributed by atoms with Crippen molar-refractivity contribution in [2.24, 2.45) is 0 Å². The summed E-state index contributed by atoms with van der Waals surface area (Å²) in [4.78, 5) is 29.3. The molecule has 4 nitrogen and oxygen atoms in total. The van der Waals surface area contributed by atoms with Crippen molar-refractivity contribution >= 4 is 11.8 Å². The molecule has 2 amide bonds. The first-order chi connectivity index (χ1) is 12.5. The Morgan fingerprint density at radius 3 is 2.54 bits per heavy atom. The van der Waals surface area contributed by atoms with Gasteiger partial charge in [-0.3, -0.25) is 9.59 Å². The monoisotopic (exact) mass is 358 g/mol. The smallest absolute Gasteiger partial charge is 0.251 e. The first-order valence-electron chi connectivity index (χ1n) is 9.60. The topological polar surface area (TPSA) is 40.6 Å². The average Bonchev–Trinajstić information content (AvgIpc) is 2.90. The third-order valence-electron chi connectivity index (χ3n) is 5.57. The Hall–Kier alpha value is -2.17. The summed E-state index contributed by atoms with van der Waals surface area (Å²) in [5, 5.41) is 0. The Morgan fingerprint density at radius 1 is 1.19 bits per heavy atom. The summed E-state index contributed by atoms with van der Waals surface area (Å²) in [5.74, 6) is -0.265.